The summed E-state index contributed by atoms with van der Waals surface area (Å²) in [6.45, 7) is 6.82. The maximum atomic E-state index is 13.4. The van der Waals surface area contributed by atoms with Gasteiger partial charge in [0, 0.05) is 18.0 Å². The van der Waals surface area contributed by atoms with E-state index in [0.29, 0.717) is 43.4 Å². The lowest BCUT2D eigenvalue weighted by Crippen LogP contribution is -3.13. The largest absolute Gasteiger partial charge is 0.378 e. The van der Waals surface area contributed by atoms with Crippen molar-refractivity contribution in [3.8, 4) is 10.4 Å². The summed E-state index contributed by atoms with van der Waals surface area (Å²) in [5.41, 5.74) is 2.63. The number of morpholine rings is 1. The number of anilines is 1. The topological polar surface area (TPSA) is 63.1 Å². The molecule has 30 heavy (non-hydrogen) atoms. The molecule has 2 fully saturated rings. The number of nitrogens with one attached hydrogen (secondary N) is 2. The summed E-state index contributed by atoms with van der Waals surface area (Å²) in [5.74, 6) is -0.0290. The molecule has 0 radical (unpaired) electrons. The summed E-state index contributed by atoms with van der Waals surface area (Å²) in [4.78, 5) is 30.4. The van der Waals surface area contributed by atoms with E-state index in [1.807, 2.05) is 42.2 Å². The molecule has 2 aliphatic heterocycles. The number of quaternary nitrogens is 1. The first-order valence-electron chi connectivity index (χ1n) is 10.8. The van der Waals surface area contributed by atoms with Gasteiger partial charge in [0.25, 0.3) is 11.8 Å². The Kier molecular flexibility index (Phi) is 6.82. The predicted octanol–water partition coefficient (Wildman–Crippen LogP) is 2.20. The highest BCUT2D eigenvalue weighted by Gasteiger charge is 2.28. The van der Waals surface area contributed by atoms with Gasteiger partial charge in [-0.3, -0.25) is 9.59 Å². The molecule has 2 aromatic rings. The number of nitrogens with zero attached hydrogens (tertiary/aromatic N) is 1. The van der Waals surface area contributed by atoms with Crippen LogP contribution in [0.1, 0.15) is 35.2 Å². The minimum absolute atomic E-state index is 0.0104. The lowest BCUT2D eigenvalue weighted by molar-refractivity contribution is -0.896. The minimum Gasteiger partial charge on any atom is -0.378 e. The molecule has 0 atom stereocenters. The van der Waals surface area contributed by atoms with Crippen LogP contribution < -0.4 is 10.2 Å². The van der Waals surface area contributed by atoms with E-state index in [2.05, 4.69) is 5.32 Å². The van der Waals surface area contributed by atoms with Crippen molar-refractivity contribution in [2.75, 3.05) is 51.3 Å². The zero-order chi connectivity index (χ0) is 20.9. The molecule has 6 nitrogen and oxygen atoms in total. The van der Waals surface area contributed by atoms with E-state index in [4.69, 9.17) is 4.74 Å². The van der Waals surface area contributed by atoms with Crippen LogP contribution in [0.15, 0.2) is 30.3 Å². The highest BCUT2D eigenvalue weighted by molar-refractivity contribution is 7.20. The van der Waals surface area contributed by atoms with Crippen LogP contribution in [0.5, 0.6) is 0 Å². The SMILES string of the molecule is Cc1c(-c2ccccc2)sc(NC(=O)C[NH+]2CCCCC2)c1C(=O)N1CCOCC1. The molecule has 1 aromatic heterocycles. The first-order valence-corrected chi connectivity index (χ1v) is 11.6. The Morgan fingerprint density at radius 2 is 1.80 bits per heavy atom. The molecule has 7 heteroatoms. The average Bonchev–Trinajstić information content (AvgIpc) is 3.10. The van der Waals surface area contributed by atoms with E-state index in [1.165, 1.54) is 35.5 Å². The Labute approximate surface area is 181 Å². The fourth-order valence-electron chi connectivity index (χ4n) is 4.27. The quantitative estimate of drug-likeness (QED) is 0.768. The first kappa shape index (κ1) is 21.0. The van der Waals surface area contributed by atoms with Gasteiger partial charge in [-0.2, -0.15) is 0 Å². The monoisotopic (exact) mass is 428 g/mol. The third kappa shape index (κ3) is 4.74. The zero-order valence-corrected chi connectivity index (χ0v) is 18.4. The average molecular weight is 429 g/mol. The van der Waals surface area contributed by atoms with E-state index in [9.17, 15) is 9.59 Å². The van der Waals surface area contributed by atoms with Crippen LogP contribution in [0, 0.1) is 6.92 Å². The van der Waals surface area contributed by atoms with Crippen molar-refractivity contribution >= 4 is 28.2 Å². The van der Waals surface area contributed by atoms with E-state index < -0.39 is 0 Å². The van der Waals surface area contributed by atoms with Gasteiger partial charge in [0.05, 0.1) is 31.9 Å². The van der Waals surface area contributed by atoms with Gasteiger partial charge in [-0.1, -0.05) is 30.3 Å². The zero-order valence-electron chi connectivity index (χ0n) is 17.5. The number of carbonyl (C=O) groups excluding carboxylic acids is 2. The molecule has 0 saturated carbocycles. The summed E-state index contributed by atoms with van der Waals surface area (Å²) in [6.07, 6.45) is 3.62. The Bertz CT molecular complexity index is 885. The summed E-state index contributed by atoms with van der Waals surface area (Å²) < 4.78 is 5.41. The number of rotatable bonds is 5. The summed E-state index contributed by atoms with van der Waals surface area (Å²) >= 11 is 1.50. The van der Waals surface area contributed by atoms with E-state index in [-0.39, 0.29) is 11.8 Å². The molecule has 2 amide bonds. The van der Waals surface area contributed by atoms with Crippen molar-refractivity contribution in [2.45, 2.75) is 26.2 Å². The predicted molar refractivity (Wildman–Crippen MR) is 119 cm³/mol. The second-order valence-corrected chi connectivity index (χ2v) is 9.09. The third-order valence-electron chi connectivity index (χ3n) is 5.92. The van der Waals surface area contributed by atoms with E-state index in [1.54, 1.807) is 0 Å². The number of amides is 2. The number of likely N-dealkylation sites (tertiary alicyclic amines) is 1. The summed E-state index contributed by atoms with van der Waals surface area (Å²) in [7, 11) is 0. The fourth-order valence-corrected chi connectivity index (χ4v) is 5.50. The minimum atomic E-state index is -0.0187. The molecule has 2 aliphatic rings. The molecule has 2 N–H and O–H groups in total. The maximum Gasteiger partial charge on any atom is 0.280 e. The standard InChI is InChI=1S/C23H29N3O3S/c1-17-20(23(28)26-12-14-29-15-13-26)22(30-21(17)18-8-4-2-5-9-18)24-19(27)16-25-10-6-3-7-11-25/h2,4-5,8-9H,3,6-7,10-16H2,1H3,(H,24,27)/p+1. The van der Waals surface area contributed by atoms with Gasteiger partial charge in [0.2, 0.25) is 0 Å². The lowest BCUT2D eigenvalue weighted by Gasteiger charge is -2.27. The molecule has 3 heterocycles. The van der Waals surface area contributed by atoms with Crippen molar-refractivity contribution in [3.05, 3.63) is 41.5 Å². The Morgan fingerprint density at radius 3 is 2.50 bits per heavy atom. The van der Waals surface area contributed by atoms with Crippen molar-refractivity contribution < 1.29 is 19.2 Å². The molecule has 4 rings (SSSR count). The van der Waals surface area contributed by atoms with Gasteiger partial charge in [0.15, 0.2) is 6.54 Å². The van der Waals surface area contributed by atoms with Crippen LogP contribution in [-0.4, -0.2) is 62.7 Å². The highest BCUT2D eigenvalue weighted by atomic mass is 32.1. The normalized spacial score (nSPS) is 17.7. The van der Waals surface area contributed by atoms with Crippen LogP contribution in [0.2, 0.25) is 0 Å². The van der Waals surface area contributed by atoms with Crippen LogP contribution >= 0.6 is 11.3 Å². The maximum absolute atomic E-state index is 13.4. The lowest BCUT2D eigenvalue weighted by atomic mass is 10.1. The summed E-state index contributed by atoms with van der Waals surface area (Å²) in [5, 5.41) is 3.76. The van der Waals surface area contributed by atoms with Crippen LogP contribution in [-0.2, 0) is 9.53 Å². The number of hydrogen-bond donors (Lipinski definition) is 2. The van der Waals surface area contributed by atoms with Gasteiger partial charge in [-0.25, -0.2) is 0 Å². The number of thiophene rings is 1. The van der Waals surface area contributed by atoms with Gasteiger partial charge in [-0.15, -0.1) is 11.3 Å². The Balaban J connectivity index is 1.61. The first-order chi connectivity index (χ1) is 14.6. The van der Waals surface area contributed by atoms with Crippen LogP contribution in [0.25, 0.3) is 10.4 Å². The molecular weight excluding hydrogens is 398 g/mol. The smallest absolute Gasteiger partial charge is 0.280 e. The van der Waals surface area contributed by atoms with Crippen molar-refractivity contribution in [2.24, 2.45) is 0 Å². The third-order valence-corrected chi connectivity index (χ3v) is 7.18. The van der Waals surface area contributed by atoms with Crippen molar-refractivity contribution in [1.29, 1.82) is 0 Å². The Hall–Kier alpha value is -2.22. The molecule has 0 bridgehead atoms. The molecular formula is C23H30N3O3S+. The van der Waals surface area contributed by atoms with Gasteiger partial charge >= 0.3 is 0 Å². The number of piperidine rings is 1. The molecule has 1 aromatic carbocycles. The highest BCUT2D eigenvalue weighted by Crippen LogP contribution is 2.40. The number of hydrogen-bond acceptors (Lipinski definition) is 4. The van der Waals surface area contributed by atoms with Gasteiger partial charge in [-0.05, 0) is 37.3 Å². The molecule has 2 saturated heterocycles. The number of benzene rings is 1. The second-order valence-electron chi connectivity index (χ2n) is 8.07. The fraction of sp³-hybridized carbons (Fsp3) is 0.478. The van der Waals surface area contributed by atoms with Crippen LogP contribution in [0.3, 0.4) is 0 Å². The van der Waals surface area contributed by atoms with Gasteiger partial charge in [0.1, 0.15) is 5.00 Å². The summed E-state index contributed by atoms with van der Waals surface area (Å²) in [6, 6.07) is 10.1. The Morgan fingerprint density at radius 1 is 1.10 bits per heavy atom. The van der Waals surface area contributed by atoms with E-state index >= 15 is 0 Å². The van der Waals surface area contributed by atoms with Crippen LogP contribution in [0.4, 0.5) is 5.00 Å². The molecule has 0 spiro atoms. The molecule has 0 aliphatic carbocycles. The van der Waals surface area contributed by atoms with E-state index in [0.717, 1.165) is 29.1 Å². The molecule has 160 valence electrons. The molecule has 0 unspecified atom stereocenters. The second kappa shape index (κ2) is 9.73. The number of carbonyl (C=O) groups is 2. The van der Waals surface area contributed by atoms with Crippen molar-refractivity contribution in [3.63, 3.8) is 0 Å². The van der Waals surface area contributed by atoms with Gasteiger partial charge < -0.3 is 19.9 Å². The number of ether oxygens (including phenoxy) is 1. The van der Waals surface area contributed by atoms with Crippen molar-refractivity contribution in [1.82, 2.24) is 4.90 Å².